The first-order valence-corrected chi connectivity index (χ1v) is 8.20. The van der Waals surface area contributed by atoms with Gasteiger partial charge in [0.2, 0.25) is 0 Å². The van der Waals surface area contributed by atoms with Gasteiger partial charge in [-0.05, 0) is 42.7 Å². The molecule has 116 valence electrons. The molecule has 0 spiro atoms. The summed E-state index contributed by atoms with van der Waals surface area (Å²) in [5.41, 5.74) is 1.05. The van der Waals surface area contributed by atoms with Crippen LogP contribution in [-0.2, 0) is 0 Å². The fraction of sp³-hybridized carbons (Fsp3) is 0.0556. The van der Waals surface area contributed by atoms with Gasteiger partial charge in [-0.1, -0.05) is 24.3 Å². The largest absolute Gasteiger partial charge is 0.451 e. The van der Waals surface area contributed by atoms with Gasteiger partial charge in [-0.2, -0.15) is 0 Å². The number of hydrogen-bond donors (Lipinski definition) is 1. The van der Waals surface area contributed by atoms with Crippen LogP contribution in [0.5, 0.6) is 0 Å². The molecule has 0 aliphatic rings. The average Bonchev–Trinajstić information content (AvgIpc) is 3.05. The number of benzene rings is 2. The van der Waals surface area contributed by atoms with Crippen LogP contribution in [-0.4, -0.2) is 12.2 Å². The summed E-state index contributed by atoms with van der Waals surface area (Å²) in [7, 11) is 0. The Labute approximate surface area is 137 Å². The Morgan fingerprint density at radius 3 is 2.57 bits per heavy atom. The van der Waals surface area contributed by atoms with Crippen LogP contribution in [0.3, 0.4) is 0 Å². The second kappa shape index (κ2) is 6.71. The van der Waals surface area contributed by atoms with Gasteiger partial charge in [0.05, 0.1) is 11.3 Å². The van der Waals surface area contributed by atoms with Gasteiger partial charge < -0.3 is 9.73 Å². The van der Waals surface area contributed by atoms with Gasteiger partial charge in [-0.15, -0.1) is 11.8 Å². The van der Waals surface area contributed by atoms with Crippen molar-refractivity contribution >= 4 is 23.4 Å². The van der Waals surface area contributed by atoms with Crippen LogP contribution in [0.25, 0.3) is 11.3 Å². The van der Waals surface area contributed by atoms with Crippen molar-refractivity contribution in [3.05, 3.63) is 72.2 Å². The van der Waals surface area contributed by atoms with E-state index in [1.54, 1.807) is 42.1 Å². The number of furan rings is 1. The molecule has 2 aromatic carbocycles. The van der Waals surface area contributed by atoms with Gasteiger partial charge in [-0.3, -0.25) is 4.79 Å². The Morgan fingerprint density at radius 1 is 1.04 bits per heavy atom. The Hall–Kier alpha value is -2.53. The molecule has 3 nitrogen and oxygen atoms in total. The standard InChI is InChI=1S/C18H14FNO2S/c1-23-17-9-5-4-8-14(17)20-18(21)16-11-10-15(22-16)12-6-2-3-7-13(12)19/h2-11H,1H3,(H,20,21). The maximum absolute atomic E-state index is 13.8. The van der Waals surface area contributed by atoms with Crippen molar-refractivity contribution in [3.63, 3.8) is 0 Å². The van der Waals surface area contributed by atoms with Gasteiger partial charge in [0, 0.05) is 4.90 Å². The van der Waals surface area contributed by atoms with E-state index in [9.17, 15) is 9.18 Å². The molecule has 3 aromatic rings. The average molecular weight is 327 g/mol. The van der Waals surface area contributed by atoms with E-state index in [0.717, 1.165) is 4.90 Å². The zero-order valence-corrected chi connectivity index (χ0v) is 13.2. The topological polar surface area (TPSA) is 42.2 Å². The molecule has 0 unspecified atom stereocenters. The van der Waals surface area contributed by atoms with E-state index in [0.29, 0.717) is 17.0 Å². The van der Waals surface area contributed by atoms with E-state index < -0.39 is 0 Å². The number of hydrogen-bond acceptors (Lipinski definition) is 3. The van der Waals surface area contributed by atoms with Gasteiger partial charge >= 0.3 is 0 Å². The molecule has 0 aliphatic heterocycles. The smallest absolute Gasteiger partial charge is 0.291 e. The third-order valence-corrected chi connectivity index (χ3v) is 4.12. The minimum atomic E-state index is -0.387. The van der Waals surface area contributed by atoms with Crippen molar-refractivity contribution < 1.29 is 13.6 Å². The van der Waals surface area contributed by atoms with E-state index in [4.69, 9.17) is 4.42 Å². The maximum Gasteiger partial charge on any atom is 0.291 e. The molecule has 1 heterocycles. The number of carbonyl (C=O) groups excluding carboxylic acids is 1. The molecule has 0 aliphatic carbocycles. The predicted octanol–water partition coefficient (Wildman–Crippen LogP) is 5.06. The summed E-state index contributed by atoms with van der Waals surface area (Å²) in [4.78, 5) is 13.3. The minimum Gasteiger partial charge on any atom is -0.451 e. The van der Waals surface area contributed by atoms with Crippen LogP contribution >= 0.6 is 11.8 Å². The van der Waals surface area contributed by atoms with Crippen molar-refractivity contribution in [2.75, 3.05) is 11.6 Å². The van der Waals surface area contributed by atoms with Crippen molar-refractivity contribution in [2.45, 2.75) is 4.90 Å². The molecule has 0 atom stereocenters. The van der Waals surface area contributed by atoms with E-state index in [1.807, 2.05) is 30.5 Å². The second-order valence-corrected chi connectivity index (χ2v) is 5.65. The molecule has 3 rings (SSSR count). The zero-order valence-electron chi connectivity index (χ0n) is 12.4. The highest BCUT2D eigenvalue weighted by molar-refractivity contribution is 7.98. The lowest BCUT2D eigenvalue weighted by Crippen LogP contribution is -2.11. The number of para-hydroxylation sites is 1. The van der Waals surface area contributed by atoms with Gasteiger partial charge in [0.1, 0.15) is 11.6 Å². The molecule has 1 aromatic heterocycles. The van der Waals surface area contributed by atoms with Crippen LogP contribution in [0.4, 0.5) is 10.1 Å². The Balaban J connectivity index is 1.83. The van der Waals surface area contributed by atoms with Crippen LogP contribution in [0, 0.1) is 5.82 Å². The molecule has 1 N–H and O–H groups in total. The van der Waals surface area contributed by atoms with E-state index >= 15 is 0 Å². The van der Waals surface area contributed by atoms with Crippen LogP contribution in [0.15, 0.2) is 70.0 Å². The number of anilines is 1. The lowest BCUT2D eigenvalue weighted by Gasteiger charge is -2.07. The minimum absolute atomic E-state index is 0.138. The molecule has 0 saturated carbocycles. The van der Waals surface area contributed by atoms with E-state index in [-0.39, 0.29) is 17.5 Å². The first-order valence-electron chi connectivity index (χ1n) is 6.98. The van der Waals surface area contributed by atoms with Crippen molar-refractivity contribution in [3.8, 4) is 11.3 Å². The summed E-state index contributed by atoms with van der Waals surface area (Å²) in [6.07, 6.45) is 1.94. The molecular formula is C18H14FNO2S. The van der Waals surface area contributed by atoms with Gasteiger partial charge in [0.15, 0.2) is 5.76 Å². The quantitative estimate of drug-likeness (QED) is 0.681. The number of amides is 1. The summed E-state index contributed by atoms with van der Waals surface area (Å²) in [5.74, 6) is -0.291. The summed E-state index contributed by atoms with van der Waals surface area (Å²) >= 11 is 1.54. The second-order valence-electron chi connectivity index (χ2n) is 4.80. The molecule has 0 radical (unpaired) electrons. The number of nitrogens with one attached hydrogen (secondary N) is 1. The first kappa shape index (κ1) is 15.4. The SMILES string of the molecule is CSc1ccccc1NC(=O)c1ccc(-c2ccccc2F)o1. The van der Waals surface area contributed by atoms with E-state index in [2.05, 4.69) is 5.32 Å². The molecule has 1 amide bonds. The molecule has 0 bridgehead atoms. The Bertz CT molecular complexity index is 844. The fourth-order valence-electron chi connectivity index (χ4n) is 2.20. The third kappa shape index (κ3) is 3.29. The lowest BCUT2D eigenvalue weighted by atomic mass is 10.1. The number of halogens is 1. The van der Waals surface area contributed by atoms with Crippen molar-refractivity contribution in [1.82, 2.24) is 0 Å². The number of thioether (sulfide) groups is 1. The normalized spacial score (nSPS) is 10.5. The molecule has 0 saturated heterocycles. The summed E-state index contributed by atoms with van der Waals surface area (Å²) < 4.78 is 19.3. The highest BCUT2D eigenvalue weighted by Gasteiger charge is 2.15. The zero-order chi connectivity index (χ0) is 16.2. The van der Waals surface area contributed by atoms with Crippen LogP contribution < -0.4 is 5.32 Å². The third-order valence-electron chi connectivity index (χ3n) is 3.32. The fourth-order valence-corrected chi connectivity index (χ4v) is 2.75. The molecular weight excluding hydrogens is 313 g/mol. The highest BCUT2D eigenvalue weighted by Crippen LogP contribution is 2.27. The first-order chi connectivity index (χ1) is 11.2. The summed E-state index contributed by atoms with van der Waals surface area (Å²) in [6.45, 7) is 0. The monoisotopic (exact) mass is 327 g/mol. The molecule has 23 heavy (non-hydrogen) atoms. The lowest BCUT2D eigenvalue weighted by molar-refractivity contribution is 0.0997. The van der Waals surface area contributed by atoms with Crippen molar-refractivity contribution in [1.29, 1.82) is 0 Å². The van der Waals surface area contributed by atoms with Gasteiger partial charge in [0.25, 0.3) is 5.91 Å². The molecule has 5 heteroatoms. The summed E-state index contributed by atoms with van der Waals surface area (Å²) in [5, 5.41) is 2.81. The Kier molecular flexibility index (Phi) is 4.48. The molecule has 0 fully saturated rings. The summed E-state index contributed by atoms with van der Waals surface area (Å²) in [6, 6.07) is 16.9. The predicted molar refractivity (Wildman–Crippen MR) is 90.3 cm³/mol. The van der Waals surface area contributed by atoms with E-state index in [1.165, 1.54) is 6.07 Å². The van der Waals surface area contributed by atoms with Crippen LogP contribution in [0.1, 0.15) is 10.6 Å². The highest BCUT2D eigenvalue weighted by atomic mass is 32.2. The Morgan fingerprint density at radius 2 is 1.78 bits per heavy atom. The number of carbonyl (C=O) groups is 1. The maximum atomic E-state index is 13.8. The number of rotatable bonds is 4. The van der Waals surface area contributed by atoms with Crippen molar-refractivity contribution in [2.24, 2.45) is 0 Å². The van der Waals surface area contributed by atoms with Crippen LogP contribution in [0.2, 0.25) is 0 Å². The van der Waals surface area contributed by atoms with Gasteiger partial charge in [-0.25, -0.2) is 4.39 Å².